The van der Waals surface area contributed by atoms with Crippen molar-refractivity contribution in [3.8, 4) is 11.3 Å². The van der Waals surface area contributed by atoms with Crippen molar-refractivity contribution in [2.45, 2.75) is 13.0 Å². The molecule has 3 aromatic rings. The number of anilines is 1. The van der Waals surface area contributed by atoms with Gasteiger partial charge >= 0.3 is 0 Å². The largest absolute Gasteiger partial charge is 0.464 e. The molecule has 0 spiro atoms. The molecule has 1 heterocycles. The monoisotopic (exact) mass is 297 g/mol. The Morgan fingerprint density at radius 1 is 1.00 bits per heavy atom. The van der Waals surface area contributed by atoms with Crippen LogP contribution >= 0.6 is 11.6 Å². The van der Waals surface area contributed by atoms with E-state index in [1.54, 1.807) is 6.26 Å². The van der Waals surface area contributed by atoms with Gasteiger partial charge in [-0.1, -0.05) is 41.9 Å². The van der Waals surface area contributed by atoms with Crippen LogP contribution in [-0.4, -0.2) is 0 Å². The highest BCUT2D eigenvalue weighted by molar-refractivity contribution is 6.31. The van der Waals surface area contributed by atoms with Crippen LogP contribution in [-0.2, 0) is 0 Å². The predicted molar refractivity (Wildman–Crippen MR) is 87.6 cm³/mol. The first-order valence-corrected chi connectivity index (χ1v) is 7.27. The fraction of sp³-hybridized carbons (Fsp3) is 0.111. The van der Waals surface area contributed by atoms with Crippen LogP contribution in [0.15, 0.2) is 71.3 Å². The van der Waals surface area contributed by atoms with Gasteiger partial charge in [-0.25, -0.2) is 0 Å². The minimum Gasteiger partial charge on any atom is -0.464 e. The molecule has 0 fully saturated rings. The Labute approximate surface area is 129 Å². The zero-order chi connectivity index (χ0) is 14.7. The summed E-state index contributed by atoms with van der Waals surface area (Å²) < 4.78 is 5.50. The van der Waals surface area contributed by atoms with Crippen molar-refractivity contribution in [2.75, 3.05) is 5.32 Å². The molecule has 1 N–H and O–H groups in total. The van der Waals surface area contributed by atoms with Crippen molar-refractivity contribution in [3.05, 3.63) is 77.5 Å². The molecule has 3 heteroatoms. The van der Waals surface area contributed by atoms with Gasteiger partial charge < -0.3 is 9.73 Å². The molecule has 21 heavy (non-hydrogen) atoms. The maximum Gasteiger partial charge on any atom is 0.135 e. The Kier molecular flexibility index (Phi) is 3.98. The smallest absolute Gasteiger partial charge is 0.135 e. The average molecular weight is 298 g/mol. The zero-order valence-corrected chi connectivity index (χ0v) is 12.5. The molecule has 1 unspecified atom stereocenters. The van der Waals surface area contributed by atoms with Crippen molar-refractivity contribution < 1.29 is 4.42 Å². The van der Waals surface area contributed by atoms with Crippen molar-refractivity contribution in [2.24, 2.45) is 0 Å². The van der Waals surface area contributed by atoms with Gasteiger partial charge in [0.1, 0.15) is 5.76 Å². The van der Waals surface area contributed by atoms with Crippen LogP contribution < -0.4 is 5.32 Å². The van der Waals surface area contributed by atoms with Crippen LogP contribution in [0.2, 0.25) is 5.02 Å². The summed E-state index contributed by atoms with van der Waals surface area (Å²) in [6.45, 7) is 2.13. The van der Waals surface area contributed by atoms with Crippen molar-refractivity contribution in [1.82, 2.24) is 0 Å². The maximum absolute atomic E-state index is 6.12. The number of hydrogen-bond acceptors (Lipinski definition) is 2. The van der Waals surface area contributed by atoms with E-state index in [2.05, 4.69) is 24.4 Å². The second-order valence-electron chi connectivity index (χ2n) is 4.94. The molecule has 3 rings (SSSR count). The summed E-state index contributed by atoms with van der Waals surface area (Å²) >= 11 is 6.12. The molecule has 0 aliphatic rings. The minimum absolute atomic E-state index is 0.195. The Morgan fingerprint density at radius 3 is 2.52 bits per heavy atom. The highest BCUT2D eigenvalue weighted by atomic mass is 35.5. The topological polar surface area (TPSA) is 25.2 Å². The van der Waals surface area contributed by atoms with Crippen LogP contribution in [0.5, 0.6) is 0 Å². The molecular formula is C18H16ClNO. The normalized spacial score (nSPS) is 12.1. The van der Waals surface area contributed by atoms with Crippen molar-refractivity contribution in [3.63, 3.8) is 0 Å². The van der Waals surface area contributed by atoms with E-state index in [-0.39, 0.29) is 6.04 Å². The summed E-state index contributed by atoms with van der Waals surface area (Å²) in [5.74, 6) is 0.806. The third-order valence-electron chi connectivity index (χ3n) is 3.44. The summed E-state index contributed by atoms with van der Waals surface area (Å²) in [7, 11) is 0. The summed E-state index contributed by atoms with van der Waals surface area (Å²) in [5, 5.41) is 4.22. The van der Waals surface area contributed by atoms with Crippen LogP contribution in [0.1, 0.15) is 18.5 Å². The quantitative estimate of drug-likeness (QED) is 0.661. The van der Waals surface area contributed by atoms with Gasteiger partial charge in [-0.15, -0.1) is 0 Å². The molecule has 2 nitrogen and oxygen atoms in total. The number of nitrogens with one attached hydrogen (secondary N) is 1. The fourth-order valence-corrected chi connectivity index (χ4v) is 2.51. The fourth-order valence-electron chi connectivity index (χ4n) is 2.34. The number of hydrogen-bond donors (Lipinski definition) is 1. The highest BCUT2D eigenvalue weighted by Crippen LogP contribution is 2.33. The van der Waals surface area contributed by atoms with E-state index in [1.165, 1.54) is 5.56 Å². The average Bonchev–Trinajstić information content (AvgIpc) is 3.04. The van der Waals surface area contributed by atoms with E-state index in [0.29, 0.717) is 5.02 Å². The highest BCUT2D eigenvalue weighted by Gasteiger charge is 2.12. The van der Waals surface area contributed by atoms with Crippen LogP contribution in [0, 0.1) is 0 Å². The molecule has 0 aliphatic heterocycles. The van der Waals surface area contributed by atoms with E-state index in [1.807, 2.05) is 48.5 Å². The first-order valence-electron chi connectivity index (χ1n) is 6.89. The molecule has 0 radical (unpaired) electrons. The first kappa shape index (κ1) is 13.8. The molecule has 0 saturated heterocycles. The molecule has 1 atom stereocenters. The van der Waals surface area contributed by atoms with Gasteiger partial charge in [-0.3, -0.25) is 0 Å². The summed E-state index contributed by atoms with van der Waals surface area (Å²) in [6.07, 6.45) is 1.67. The molecule has 106 valence electrons. The second-order valence-corrected chi connectivity index (χ2v) is 5.38. The van der Waals surface area contributed by atoms with E-state index >= 15 is 0 Å². The van der Waals surface area contributed by atoms with Crippen molar-refractivity contribution in [1.29, 1.82) is 0 Å². The van der Waals surface area contributed by atoms with Gasteiger partial charge in [0.2, 0.25) is 0 Å². The van der Waals surface area contributed by atoms with Crippen LogP contribution in [0.25, 0.3) is 11.3 Å². The van der Waals surface area contributed by atoms with Crippen LogP contribution in [0.3, 0.4) is 0 Å². The molecule has 0 aliphatic carbocycles. The molecule has 2 aromatic carbocycles. The Bertz CT molecular complexity index is 707. The van der Waals surface area contributed by atoms with Crippen LogP contribution in [0.4, 0.5) is 5.69 Å². The predicted octanol–water partition coefficient (Wildman–Crippen LogP) is 5.77. The first-order chi connectivity index (χ1) is 10.2. The molecule has 0 amide bonds. The van der Waals surface area contributed by atoms with Gasteiger partial charge in [0.05, 0.1) is 6.26 Å². The molecule has 0 saturated carbocycles. The van der Waals surface area contributed by atoms with E-state index in [4.69, 9.17) is 16.0 Å². The number of furan rings is 1. The summed E-state index contributed by atoms with van der Waals surface area (Å²) in [4.78, 5) is 0. The maximum atomic E-state index is 6.12. The van der Waals surface area contributed by atoms with E-state index < -0.39 is 0 Å². The molecule has 0 bridgehead atoms. The number of benzene rings is 2. The van der Waals surface area contributed by atoms with E-state index in [9.17, 15) is 0 Å². The van der Waals surface area contributed by atoms with E-state index in [0.717, 1.165) is 17.0 Å². The summed E-state index contributed by atoms with van der Waals surface area (Å²) in [6, 6.07) is 20.1. The number of rotatable bonds is 4. The Hall–Kier alpha value is -2.19. The molecule has 1 aromatic heterocycles. The lowest BCUT2D eigenvalue weighted by atomic mass is 10.1. The Morgan fingerprint density at radius 2 is 1.81 bits per heavy atom. The summed E-state index contributed by atoms with van der Waals surface area (Å²) in [5.41, 5.74) is 3.21. The lowest BCUT2D eigenvalue weighted by molar-refractivity contribution is 0.582. The van der Waals surface area contributed by atoms with Gasteiger partial charge in [0, 0.05) is 22.3 Å². The van der Waals surface area contributed by atoms with Gasteiger partial charge in [0.15, 0.2) is 0 Å². The third kappa shape index (κ3) is 3.11. The lowest BCUT2D eigenvalue weighted by Crippen LogP contribution is -2.07. The minimum atomic E-state index is 0.195. The lowest BCUT2D eigenvalue weighted by Gasteiger charge is -2.18. The van der Waals surface area contributed by atoms with Gasteiger partial charge in [-0.05, 0) is 42.8 Å². The van der Waals surface area contributed by atoms with Gasteiger partial charge in [0.25, 0.3) is 0 Å². The van der Waals surface area contributed by atoms with Gasteiger partial charge in [-0.2, -0.15) is 0 Å². The standard InChI is InChI=1S/C18H16ClNO/c1-13(14-6-3-2-4-7-14)20-17-10-9-15(19)12-16(17)18-8-5-11-21-18/h2-13,20H,1H3. The Balaban J connectivity index is 1.92. The second kappa shape index (κ2) is 6.06. The molecular weight excluding hydrogens is 282 g/mol. The number of halogens is 1. The SMILES string of the molecule is CC(Nc1ccc(Cl)cc1-c1ccco1)c1ccccc1. The van der Waals surface area contributed by atoms with Crippen molar-refractivity contribution >= 4 is 17.3 Å². The zero-order valence-electron chi connectivity index (χ0n) is 11.7. The third-order valence-corrected chi connectivity index (χ3v) is 3.67.